The molecule has 1 rings (SSSR count). The molecule has 1 aliphatic heterocycles. The van der Waals surface area contributed by atoms with Crippen LogP contribution in [0.5, 0.6) is 0 Å². The molecule has 0 saturated carbocycles. The summed E-state index contributed by atoms with van der Waals surface area (Å²) >= 11 is 0. The van der Waals surface area contributed by atoms with Crippen molar-refractivity contribution in [2.45, 2.75) is 31.7 Å². The van der Waals surface area contributed by atoms with Crippen LogP contribution in [-0.2, 0) is 9.53 Å². The van der Waals surface area contributed by atoms with Gasteiger partial charge in [-0.1, -0.05) is 0 Å². The molecule has 1 unspecified atom stereocenters. The van der Waals surface area contributed by atoms with E-state index in [4.69, 9.17) is 10.2 Å². The lowest BCUT2D eigenvalue weighted by Crippen LogP contribution is -2.21. The number of carbonyl (C=O) groups excluding carboxylic acids is 1. The molecule has 0 aromatic carbocycles. The number of esters is 1. The predicted molar refractivity (Wildman–Crippen MR) is 32.2 cm³/mol. The molecule has 4 nitrogen and oxygen atoms in total. The van der Waals surface area contributed by atoms with Gasteiger partial charge >= 0.3 is 5.97 Å². The van der Waals surface area contributed by atoms with E-state index in [-0.39, 0.29) is 6.42 Å². The van der Waals surface area contributed by atoms with Crippen LogP contribution < -0.4 is 0 Å². The number of hydrogen-bond donors (Lipinski definition) is 2. The molecule has 0 aromatic heterocycles. The zero-order valence-electron chi connectivity index (χ0n) is 5.65. The van der Waals surface area contributed by atoms with Gasteiger partial charge in [-0.25, -0.2) is 4.79 Å². The molecule has 0 bridgehead atoms. The molecule has 0 radical (unpaired) electrons. The Balaban J connectivity index is 2.49. The van der Waals surface area contributed by atoms with Crippen LogP contribution in [0, 0.1) is 0 Å². The van der Waals surface area contributed by atoms with E-state index in [0.29, 0.717) is 0 Å². The Labute approximate surface area is 58.4 Å². The molecule has 0 aromatic rings. The SMILES string of the molecule is CC(O)[C@@H]1C[C@H](O)C(=O)O1. The third-order valence-electron chi connectivity index (χ3n) is 1.53. The summed E-state index contributed by atoms with van der Waals surface area (Å²) in [6, 6.07) is 0. The highest BCUT2D eigenvalue weighted by Crippen LogP contribution is 2.17. The number of aliphatic hydroxyl groups is 2. The number of carbonyl (C=O) groups is 1. The van der Waals surface area contributed by atoms with Crippen molar-refractivity contribution in [3.8, 4) is 0 Å². The Morgan fingerprint density at radius 2 is 2.40 bits per heavy atom. The predicted octanol–water partition coefficient (Wildman–Crippen LogP) is -0.956. The molecule has 4 heteroatoms. The van der Waals surface area contributed by atoms with E-state index in [0.717, 1.165) is 0 Å². The van der Waals surface area contributed by atoms with Gasteiger partial charge in [0.1, 0.15) is 6.10 Å². The maximum absolute atomic E-state index is 10.5. The summed E-state index contributed by atoms with van der Waals surface area (Å²) in [4.78, 5) is 10.5. The Bertz CT molecular complexity index is 143. The molecule has 58 valence electrons. The van der Waals surface area contributed by atoms with E-state index in [1.165, 1.54) is 6.92 Å². The summed E-state index contributed by atoms with van der Waals surface area (Å²) in [5, 5.41) is 17.7. The van der Waals surface area contributed by atoms with Gasteiger partial charge in [-0.05, 0) is 6.92 Å². The lowest BCUT2D eigenvalue weighted by atomic mass is 10.1. The van der Waals surface area contributed by atoms with Gasteiger partial charge < -0.3 is 14.9 Å². The number of aliphatic hydroxyl groups excluding tert-OH is 2. The zero-order chi connectivity index (χ0) is 7.72. The lowest BCUT2D eigenvalue weighted by Gasteiger charge is -2.10. The van der Waals surface area contributed by atoms with Crippen LogP contribution in [0.2, 0.25) is 0 Å². The maximum Gasteiger partial charge on any atom is 0.335 e. The molecular formula is C6H10O4. The second kappa shape index (κ2) is 2.56. The second-order valence-corrected chi connectivity index (χ2v) is 2.47. The van der Waals surface area contributed by atoms with Crippen molar-refractivity contribution in [1.29, 1.82) is 0 Å². The van der Waals surface area contributed by atoms with Gasteiger partial charge in [0.2, 0.25) is 0 Å². The fraction of sp³-hybridized carbons (Fsp3) is 0.833. The van der Waals surface area contributed by atoms with Crippen LogP contribution in [0.15, 0.2) is 0 Å². The molecule has 2 N–H and O–H groups in total. The highest BCUT2D eigenvalue weighted by molar-refractivity contribution is 5.76. The summed E-state index contributed by atoms with van der Waals surface area (Å²) in [6.07, 6.45) is -2.06. The highest BCUT2D eigenvalue weighted by Gasteiger charge is 2.35. The van der Waals surface area contributed by atoms with Crippen LogP contribution in [0.4, 0.5) is 0 Å². The minimum atomic E-state index is -1.04. The Kier molecular flexibility index (Phi) is 1.92. The van der Waals surface area contributed by atoms with E-state index < -0.39 is 24.3 Å². The van der Waals surface area contributed by atoms with Crippen molar-refractivity contribution >= 4 is 5.97 Å². The lowest BCUT2D eigenvalue weighted by molar-refractivity contribution is -0.150. The Morgan fingerprint density at radius 1 is 1.80 bits per heavy atom. The summed E-state index contributed by atoms with van der Waals surface area (Å²) in [6.45, 7) is 1.52. The van der Waals surface area contributed by atoms with Crippen LogP contribution in [0.25, 0.3) is 0 Å². The molecule has 10 heavy (non-hydrogen) atoms. The van der Waals surface area contributed by atoms with Crippen LogP contribution in [0.1, 0.15) is 13.3 Å². The van der Waals surface area contributed by atoms with Gasteiger partial charge in [-0.15, -0.1) is 0 Å². The van der Waals surface area contributed by atoms with Crippen molar-refractivity contribution in [3.05, 3.63) is 0 Å². The number of ether oxygens (including phenoxy) is 1. The van der Waals surface area contributed by atoms with Crippen LogP contribution >= 0.6 is 0 Å². The molecule has 0 amide bonds. The topological polar surface area (TPSA) is 66.8 Å². The van der Waals surface area contributed by atoms with Gasteiger partial charge in [0.05, 0.1) is 6.10 Å². The van der Waals surface area contributed by atoms with E-state index in [9.17, 15) is 4.79 Å². The van der Waals surface area contributed by atoms with Crippen molar-refractivity contribution in [2.24, 2.45) is 0 Å². The van der Waals surface area contributed by atoms with Gasteiger partial charge in [0, 0.05) is 6.42 Å². The average molecular weight is 146 g/mol. The van der Waals surface area contributed by atoms with Gasteiger partial charge in [-0.2, -0.15) is 0 Å². The highest BCUT2D eigenvalue weighted by atomic mass is 16.6. The first kappa shape index (κ1) is 7.50. The normalized spacial score (nSPS) is 35.7. The van der Waals surface area contributed by atoms with Crippen LogP contribution in [0.3, 0.4) is 0 Å². The minimum Gasteiger partial charge on any atom is -0.458 e. The molecular weight excluding hydrogens is 136 g/mol. The maximum atomic E-state index is 10.5. The molecule has 3 atom stereocenters. The monoisotopic (exact) mass is 146 g/mol. The van der Waals surface area contributed by atoms with E-state index >= 15 is 0 Å². The molecule has 1 fully saturated rings. The molecule has 1 heterocycles. The van der Waals surface area contributed by atoms with Crippen molar-refractivity contribution in [1.82, 2.24) is 0 Å². The number of cyclic esters (lactones) is 1. The Morgan fingerprint density at radius 3 is 2.60 bits per heavy atom. The van der Waals surface area contributed by atoms with E-state index in [2.05, 4.69) is 4.74 Å². The van der Waals surface area contributed by atoms with Gasteiger partial charge in [0.25, 0.3) is 0 Å². The van der Waals surface area contributed by atoms with E-state index in [1.54, 1.807) is 0 Å². The molecule has 0 spiro atoms. The first-order valence-corrected chi connectivity index (χ1v) is 3.18. The molecule has 1 aliphatic rings. The number of hydrogen-bond acceptors (Lipinski definition) is 4. The zero-order valence-corrected chi connectivity index (χ0v) is 5.65. The third-order valence-corrected chi connectivity index (χ3v) is 1.53. The minimum absolute atomic E-state index is 0.205. The van der Waals surface area contributed by atoms with Crippen molar-refractivity contribution in [2.75, 3.05) is 0 Å². The summed E-state index contributed by atoms with van der Waals surface area (Å²) in [5.41, 5.74) is 0. The standard InChI is InChI=1S/C6H10O4/c1-3(7)5-2-4(8)6(9)10-5/h3-5,7-8H,2H2,1H3/t3?,4-,5-/m0/s1. The largest absolute Gasteiger partial charge is 0.458 e. The molecule has 0 aliphatic carbocycles. The van der Waals surface area contributed by atoms with Crippen LogP contribution in [-0.4, -0.2) is 34.5 Å². The fourth-order valence-electron chi connectivity index (χ4n) is 0.888. The summed E-state index contributed by atoms with van der Waals surface area (Å²) in [5.74, 6) is -0.633. The van der Waals surface area contributed by atoms with E-state index in [1.807, 2.05) is 0 Å². The van der Waals surface area contributed by atoms with Gasteiger partial charge in [0.15, 0.2) is 6.10 Å². The smallest absolute Gasteiger partial charge is 0.335 e. The number of rotatable bonds is 1. The fourth-order valence-corrected chi connectivity index (χ4v) is 0.888. The quantitative estimate of drug-likeness (QED) is 0.468. The first-order chi connectivity index (χ1) is 4.61. The molecule has 1 saturated heterocycles. The third kappa shape index (κ3) is 1.27. The average Bonchev–Trinajstić information content (AvgIpc) is 2.13. The Hall–Kier alpha value is -0.610. The first-order valence-electron chi connectivity index (χ1n) is 3.18. The van der Waals surface area contributed by atoms with Gasteiger partial charge in [-0.3, -0.25) is 0 Å². The van der Waals surface area contributed by atoms with Crippen molar-refractivity contribution in [3.63, 3.8) is 0 Å². The summed E-state index contributed by atoms with van der Waals surface area (Å²) in [7, 11) is 0. The van der Waals surface area contributed by atoms with Crippen molar-refractivity contribution < 1.29 is 19.7 Å². The summed E-state index contributed by atoms with van der Waals surface area (Å²) < 4.78 is 4.60. The second-order valence-electron chi connectivity index (χ2n) is 2.47.